The van der Waals surface area contributed by atoms with Crippen LogP contribution in [0, 0.1) is 0 Å². The number of hydrogen-bond acceptors (Lipinski definition) is 5. The highest BCUT2D eigenvalue weighted by Crippen LogP contribution is 2.32. The molecule has 0 amide bonds. The van der Waals surface area contributed by atoms with Gasteiger partial charge in [-0.25, -0.2) is 4.79 Å². The van der Waals surface area contributed by atoms with Gasteiger partial charge in [0.25, 0.3) is 0 Å². The van der Waals surface area contributed by atoms with Gasteiger partial charge in [-0.15, -0.1) is 0 Å². The van der Waals surface area contributed by atoms with Gasteiger partial charge in [-0.05, 0) is 56.2 Å². The van der Waals surface area contributed by atoms with Crippen LogP contribution < -0.4 is 4.74 Å². The molecule has 122 valence electrons. The summed E-state index contributed by atoms with van der Waals surface area (Å²) in [7, 11) is 0. The molecular formula is C18H20O5. The largest absolute Gasteiger partial charge is 0.508 e. The summed E-state index contributed by atoms with van der Waals surface area (Å²) >= 11 is 0. The van der Waals surface area contributed by atoms with E-state index in [1.807, 2.05) is 0 Å². The number of carbonyl (C=O) groups is 1. The highest BCUT2D eigenvalue weighted by Gasteiger charge is 2.11. The highest BCUT2D eigenvalue weighted by atomic mass is 16.5. The van der Waals surface area contributed by atoms with Crippen molar-refractivity contribution >= 4 is 5.97 Å². The quantitative estimate of drug-likeness (QED) is 0.767. The molecule has 0 radical (unpaired) electrons. The van der Waals surface area contributed by atoms with Gasteiger partial charge in [0, 0.05) is 12.2 Å². The molecule has 23 heavy (non-hydrogen) atoms. The summed E-state index contributed by atoms with van der Waals surface area (Å²) in [5.74, 6) is 0.843. The summed E-state index contributed by atoms with van der Waals surface area (Å²) in [5.41, 5.74) is 1.10. The molecule has 0 saturated heterocycles. The van der Waals surface area contributed by atoms with E-state index in [2.05, 4.69) is 0 Å². The maximum atomic E-state index is 11.6. The van der Waals surface area contributed by atoms with E-state index < -0.39 is 0 Å². The molecule has 5 heteroatoms. The second-order valence-electron chi connectivity index (χ2n) is 4.93. The SMILES string of the molecule is CCOC(=O)c1ccc(Oc2cccc(O)c2CCCO)cc1. The summed E-state index contributed by atoms with van der Waals surface area (Å²) in [6.45, 7) is 2.13. The van der Waals surface area contributed by atoms with E-state index in [-0.39, 0.29) is 18.3 Å². The third-order valence-electron chi connectivity index (χ3n) is 3.29. The van der Waals surface area contributed by atoms with Crippen LogP contribution in [0.4, 0.5) is 0 Å². The Balaban J connectivity index is 2.16. The summed E-state index contributed by atoms with van der Waals surface area (Å²) in [5, 5.41) is 18.9. The molecule has 0 saturated carbocycles. The lowest BCUT2D eigenvalue weighted by Crippen LogP contribution is -2.04. The maximum Gasteiger partial charge on any atom is 0.338 e. The molecule has 0 atom stereocenters. The molecule has 2 rings (SSSR count). The number of ether oxygens (including phenoxy) is 2. The number of phenolic OH excluding ortho intramolecular Hbond substituents is 1. The molecule has 5 nitrogen and oxygen atoms in total. The first-order valence-corrected chi connectivity index (χ1v) is 7.52. The number of rotatable bonds is 7. The van der Waals surface area contributed by atoms with Gasteiger partial charge in [0.05, 0.1) is 12.2 Å². The Bertz CT molecular complexity index is 649. The summed E-state index contributed by atoms with van der Waals surface area (Å²) in [6, 6.07) is 11.6. The van der Waals surface area contributed by atoms with Crippen LogP contribution in [0.5, 0.6) is 17.2 Å². The lowest BCUT2D eigenvalue weighted by molar-refractivity contribution is 0.0526. The Morgan fingerprint density at radius 1 is 1.13 bits per heavy atom. The monoisotopic (exact) mass is 316 g/mol. The molecular weight excluding hydrogens is 296 g/mol. The van der Waals surface area contributed by atoms with Crippen LogP contribution in [0.25, 0.3) is 0 Å². The summed E-state index contributed by atoms with van der Waals surface area (Å²) in [4.78, 5) is 11.6. The van der Waals surface area contributed by atoms with E-state index in [1.165, 1.54) is 0 Å². The van der Waals surface area contributed by atoms with Gasteiger partial charge in [0.2, 0.25) is 0 Å². The van der Waals surface area contributed by atoms with Crippen molar-refractivity contribution in [1.29, 1.82) is 0 Å². The van der Waals surface area contributed by atoms with Gasteiger partial charge in [0.1, 0.15) is 17.2 Å². The van der Waals surface area contributed by atoms with E-state index >= 15 is 0 Å². The zero-order chi connectivity index (χ0) is 16.7. The lowest BCUT2D eigenvalue weighted by atomic mass is 10.1. The van der Waals surface area contributed by atoms with Crippen LogP contribution in [0.15, 0.2) is 42.5 Å². The topological polar surface area (TPSA) is 76.0 Å². The highest BCUT2D eigenvalue weighted by molar-refractivity contribution is 5.89. The molecule has 2 aromatic rings. The number of phenols is 1. The Morgan fingerprint density at radius 3 is 2.52 bits per heavy atom. The minimum Gasteiger partial charge on any atom is -0.508 e. The zero-order valence-electron chi connectivity index (χ0n) is 13.0. The van der Waals surface area contributed by atoms with E-state index in [0.29, 0.717) is 42.1 Å². The van der Waals surface area contributed by atoms with Gasteiger partial charge in [-0.1, -0.05) is 6.07 Å². The normalized spacial score (nSPS) is 10.3. The molecule has 2 N–H and O–H groups in total. The average molecular weight is 316 g/mol. The fourth-order valence-corrected chi connectivity index (χ4v) is 2.16. The first-order chi connectivity index (χ1) is 11.2. The number of hydrogen-bond donors (Lipinski definition) is 2. The van der Waals surface area contributed by atoms with Gasteiger partial charge >= 0.3 is 5.97 Å². The molecule has 0 bridgehead atoms. The molecule has 0 aliphatic heterocycles. The van der Waals surface area contributed by atoms with Gasteiger partial charge in [-0.2, -0.15) is 0 Å². The van der Waals surface area contributed by atoms with Crippen LogP contribution in [0.1, 0.15) is 29.3 Å². The van der Waals surface area contributed by atoms with Crippen LogP contribution in [0.3, 0.4) is 0 Å². The number of aliphatic hydroxyl groups excluding tert-OH is 1. The fourth-order valence-electron chi connectivity index (χ4n) is 2.16. The van der Waals surface area contributed by atoms with E-state index in [4.69, 9.17) is 14.6 Å². The standard InChI is InChI=1S/C18H20O5/c1-2-22-18(21)13-8-10-14(11-9-13)23-17-7-3-6-16(20)15(17)5-4-12-19/h3,6-11,19-20H,2,4-5,12H2,1H3. The smallest absolute Gasteiger partial charge is 0.338 e. The minimum atomic E-state index is -0.375. The maximum absolute atomic E-state index is 11.6. The molecule has 0 aliphatic carbocycles. The third-order valence-corrected chi connectivity index (χ3v) is 3.29. The molecule has 0 heterocycles. The fraction of sp³-hybridized carbons (Fsp3) is 0.278. The van der Waals surface area contributed by atoms with Gasteiger partial charge in [-0.3, -0.25) is 0 Å². The van der Waals surface area contributed by atoms with E-state index in [1.54, 1.807) is 49.4 Å². The van der Waals surface area contributed by atoms with Crippen LogP contribution in [0.2, 0.25) is 0 Å². The molecule has 0 unspecified atom stereocenters. The summed E-state index contributed by atoms with van der Waals surface area (Å²) < 4.78 is 10.7. The zero-order valence-corrected chi connectivity index (χ0v) is 13.0. The number of aromatic hydroxyl groups is 1. The average Bonchev–Trinajstić information content (AvgIpc) is 2.55. The van der Waals surface area contributed by atoms with Crippen LogP contribution >= 0.6 is 0 Å². The first-order valence-electron chi connectivity index (χ1n) is 7.52. The van der Waals surface area contributed by atoms with Crippen molar-refractivity contribution < 1.29 is 24.5 Å². The summed E-state index contributed by atoms with van der Waals surface area (Å²) in [6.07, 6.45) is 1.05. The Hall–Kier alpha value is -2.53. The Morgan fingerprint density at radius 2 is 1.87 bits per heavy atom. The Kier molecular flexibility index (Phi) is 6.00. The molecule has 0 spiro atoms. The van der Waals surface area contributed by atoms with E-state index in [0.717, 1.165) is 0 Å². The molecule has 0 aliphatic rings. The second kappa shape index (κ2) is 8.19. The molecule has 0 fully saturated rings. The number of esters is 1. The molecule has 0 aromatic heterocycles. The number of benzene rings is 2. The number of aliphatic hydroxyl groups is 1. The van der Waals surface area contributed by atoms with Crippen molar-refractivity contribution in [3.05, 3.63) is 53.6 Å². The van der Waals surface area contributed by atoms with Crippen LogP contribution in [-0.2, 0) is 11.2 Å². The van der Waals surface area contributed by atoms with Gasteiger partial charge in [0.15, 0.2) is 0 Å². The van der Waals surface area contributed by atoms with Gasteiger partial charge < -0.3 is 19.7 Å². The van der Waals surface area contributed by atoms with Crippen molar-refractivity contribution in [3.63, 3.8) is 0 Å². The van der Waals surface area contributed by atoms with Crippen molar-refractivity contribution in [2.45, 2.75) is 19.8 Å². The van der Waals surface area contributed by atoms with Crippen molar-refractivity contribution in [2.24, 2.45) is 0 Å². The molecule has 2 aromatic carbocycles. The third kappa shape index (κ3) is 4.47. The Labute approximate surface area is 135 Å². The van der Waals surface area contributed by atoms with Crippen molar-refractivity contribution in [1.82, 2.24) is 0 Å². The first kappa shape index (κ1) is 16.8. The number of carbonyl (C=O) groups excluding carboxylic acids is 1. The predicted octanol–water partition coefficient (Wildman–Crippen LogP) is 3.29. The van der Waals surface area contributed by atoms with Crippen molar-refractivity contribution in [2.75, 3.05) is 13.2 Å². The predicted molar refractivity (Wildman–Crippen MR) is 86.0 cm³/mol. The lowest BCUT2D eigenvalue weighted by Gasteiger charge is -2.12. The van der Waals surface area contributed by atoms with Crippen molar-refractivity contribution in [3.8, 4) is 17.2 Å². The minimum absolute atomic E-state index is 0.0437. The van der Waals surface area contributed by atoms with E-state index in [9.17, 15) is 9.90 Å². The van der Waals surface area contributed by atoms with Crippen LogP contribution in [-0.4, -0.2) is 29.4 Å². The second-order valence-corrected chi connectivity index (χ2v) is 4.93.